The number of carbonyl (C=O) groups excluding carboxylic acids is 2. The number of carbonyl (C=O) groups is 2. The number of nitrogens with zero attached hydrogens (tertiary/aromatic N) is 2. The molecule has 0 atom stereocenters. The molecule has 1 aliphatic carbocycles. The second-order valence-electron chi connectivity index (χ2n) is 25.5. The van der Waals surface area contributed by atoms with Gasteiger partial charge in [-0.3, -0.25) is 9.59 Å². The zero-order chi connectivity index (χ0) is 65.0. The summed E-state index contributed by atoms with van der Waals surface area (Å²) in [6, 6.07) is 66.8. The third-order valence-corrected chi connectivity index (χ3v) is 19.1. The first-order valence-corrected chi connectivity index (χ1v) is 32.1. The fourth-order valence-corrected chi connectivity index (χ4v) is 14.7. The van der Waals surface area contributed by atoms with Crippen LogP contribution in [0.15, 0.2) is 206 Å². The highest BCUT2D eigenvalue weighted by Gasteiger charge is 2.26. The zero-order valence-electron chi connectivity index (χ0n) is 52.3. The minimum atomic E-state index is -0.402. The Morgan fingerprint density at radius 1 is 0.323 bits per heavy atom. The van der Waals surface area contributed by atoms with Crippen molar-refractivity contribution in [2.24, 2.45) is 0 Å². The number of aryl methyl sites for hydroxylation is 2. The van der Waals surface area contributed by atoms with Gasteiger partial charge < -0.3 is 41.0 Å². The molecule has 12 heteroatoms. The van der Waals surface area contributed by atoms with Crippen molar-refractivity contribution in [1.82, 2.24) is 19.9 Å². The zero-order valence-corrected chi connectivity index (χ0v) is 52.3. The third-order valence-electron chi connectivity index (χ3n) is 19.1. The van der Waals surface area contributed by atoms with Gasteiger partial charge in [0.1, 0.15) is 23.0 Å². The number of rotatable bonds is 2. The maximum Gasteiger partial charge on any atom is 0.255 e. The van der Waals surface area contributed by atoms with Gasteiger partial charge in [-0.25, -0.2) is 9.97 Å². The highest BCUT2D eigenvalue weighted by atomic mass is 16.3. The van der Waals surface area contributed by atoms with Crippen LogP contribution in [0.4, 0.5) is 11.4 Å². The number of amides is 2. The number of benzene rings is 10. The number of aromatic nitrogens is 4. The first kappa shape index (κ1) is 57.4. The largest absolute Gasteiger partial charge is 0.507 e. The average Bonchev–Trinajstić information content (AvgIpc) is 1.72. The standard InChI is InChI=1S/C84H60N6O6/c1-45-31-53-35-57-39-61-41-59(81(57)93)37-55-33-46(2)34-56(80(55)92)38-60-42-62(40-58(82(60)94)36-54(32-45)79(53)91)86-84(96)52-22-20-48-16-10-18-64(66(48)44-52)78-72-28-24-68(88-72)75(49-11-5-3-6-12-49)67-23-27-71(87-67)77(63-17-9-15-47-19-21-51(43-65(47)63)83(95)85-61)73-29-25-69(89-73)76(50-13-7-4-8-14-50)70-26-30-74(78)90-70/h3-34,39-44,87,90-94H,35-38H2,1-2H3,(H,85,95)(H,86,96). The Bertz CT molecular complexity index is 5330. The van der Waals surface area contributed by atoms with Gasteiger partial charge in [0, 0.05) is 115 Å². The quantitative estimate of drug-likeness (QED) is 0.0783. The van der Waals surface area contributed by atoms with E-state index in [1.807, 2.05) is 135 Å². The Hall–Kier alpha value is -12.5. The Morgan fingerprint density at radius 3 is 1.00 bits per heavy atom. The first-order valence-electron chi connectivity index (χ1n) is 32.1. The number of H-pyrrole nitrogens is 2. The molecule has 0 saturated heterocycles. The number of nitrogens with one attached hydrogen (secondary N) is 4. The van der Waals surface area contributed by atoms with Gasteiger partial charge >= 0.3 is 0 Å². The summed E-state index contributed by atoms with van der Waals surface area (Å²) >= 11 is 0. The number of phenolic OH excluding ortho intramolecular Hbond substituents is 4. The molecular formula is C84H60N6O6. The normalized spacial score (nSPS) is 13.2. The number of hydrogen-bond acceptors (Lipinski definition) is 8. The number of aromatic hydroxyl groups is 4. The maximum atomic E-state index is 15.2. The van der Waals surface area contributed by atoms with Crippen molar-refractivity contribution >= 4 is 91.1 Å². The van der Waals surface area contributed by atoms with E-state index in [2.05, 4.69) is 106 Å². The van der Waals surface area contributed by atoms with Crippen LogP contribution in [0.2, 0.25) is 0 Å². The Kier molecular flexibility index (Phi) is 13.5. The number of fused-ring (bicyclic) bond motifs is 6. The number of hydrogen-bond donors (Lipinski definition) is 8. The molecule has 18 rings (SSSR count). The summed E-state index contributed by atoms with van der Waals surface area (Å²) in [7, 11) is 0. The lowest BCUT2D eigenvalue weighted by Gasteiger charge is -2.20. The molecule has 96 heavy (non-hydrogen) atoms. The molecule has 8 N–H and O–H groups in total. The molecule has 0 radical (unpaired) electrons. The lowest BCUT2D eigenvalue weighted by atomic mass is 9.89. The van der Waals surface area contributed by atoms with Crippen LogP contribution in [-0.2, 0) is 25.7 Å². The van der Waals surface area contributed by atoms with Crippen LogP contribution in [0.25, 0.3) is 112 Å². The summed E-state index contributed by atoms with van der Waals surface area (Å²) in [5.74, 6) is -0.959. The molecule has 24 bridgehead atoms. The second-order valence-corrected chi connectivity index (χ2v) is 25.5. The van der Waals surface area contributed by atoms with Crippen LogP contribution in [0, 0.1) is 13.8 Å². The molecule has 0 spiro atoms. The molecule has 10 aromatic carbocycles. The van der Waals surface area contributed by atoms with E-state index in [1.165, 1.54) is 0 Å². The fraction of sp³-hybridized carbons (Fsp3) is 0.0714. The molecule has 5 aliphatic rings. The summed E-state index contributed by atoms with van der Waals surface area (Å²) in [6.45, 7) is 3.85. The van der Waals surface area contributed by atoms with Crippen LogP contribution in [0.5, 0.6) is 23.0 Å². The SMILES string of the molecule is Cc1cc2c(O)c(c1)Cc1cc3cc(c1O)Cc1cc(C)cc(c1O)Cc1cc(cc(c1O)C2)NC(=O)c1ccc2cccc(c2c1)-c1c2nc(c(-c4ccccc4)c4ccc([nH]4)c(c4nc(c(-c5ccccc5)c5ccc1[nH]5)C=C4)-c1cccc4ccc(cc14)C(=O)N3)C=C2. The van der Waals surface area contributed by atoms with Gasteiger partial charge in [-0.2, -0.15) is 0 Å². The summed E-state index contributed by atoms with van der Waals surface area (Å²) in [5.41, 5.74) is 19.8. The lowest BCUT2D eigenvalue weighted by molar-refractivity contribution is 0.101. The summed E-state index contributed by atoms with van der Waals surface area (Å²) in [6.07, 6.45) is 8.44. The van der Waals surface area contributed by atoms with Crippen LogP contribution in [0.1, 0.15) is 99.1 Å². The average molecular weight is 1250 g/mol. The summed E-state index contributed by atoms with van der Waals surface area (Å²) < 4.78 is 0. The highest BCUT2D eigenvalue weighted by molar-refractivity contribution is 6.13. The number of aromatic amines is 2. The van der Waals surface area contributed by atoms with E-state index in [4.69, 9.17) is 9.97 Å². The van der Waals surface area contributed by atoms with Gasteiger partial charge in [0.15, 0.2) is 0 Å². The Labute approximate surface area is 551 Å². The van der Waals surface area contributed by atoms with Gasteiger partial charge in [0.2, 0.25) is 0 Å². The molecule has 0 saturated carbocycles. The maximum absolute atomic E-state index is 15.2. The van der Waals surface area contributed by atoms with Gasteiger partial charge in [-0.15, -0.1) is 0 Å². The predicted octanol–water partition coefficient (Wildman–Crippen LogP) is 18.6. The first-order chi connectivity index (χ1) is 46.8. The van der Waals surface area contributed by atoms with Crippen molar-refractivity contribution in [1.29, 1.82) is 0 Å². The summed E-state index contributed by atoms with van der Waals surface area (Å²) in [4.78, 5) is 49.4. The monoisotopic (exact) mass is 1250 g/mol. The van der Waals surface area contributed by atoms with Crippen LogP contribution >= 0.6 is 0 Å². The van der Waals surface area contributed by atoms with Crippen molar-refractivity contribution in [3.05, 3.63) is 296 Å². The summed E-state index contributed by atoms with van der Waals surface area (Å²) in [5, 5.41) is 59.3. The molecule has 7 heterocycles. The lowest BCUT2D eigenvalue weighted by Crippen LogP contribution is -2.13. The van der Waals surface area contributed by atoms with E-state index in [9.17, 15) is 20.4 Å². The van der Waals surface area contributed by atoms with Crippen molar-refractivity contribution in [2.45, 2.75) is 39.5 Å². The van der Waals surface area contributed by atoms with Crippen LogP contribution < -0.4 is 10.6 Å². The van der Waals surface area contributed by atoms with Gasteiger partial charge in [0.25, 0.3) is 11.8 Å². The van der Waals surface area contributed by atoms with E-state index in [1.54, 1.807) is 24.3 Å². The Morgan fingerprint density at radius 2 is 0.646 bits per heavy atom. The van der Waals surface area contributed by atoms with Crippen molar-refractivity contribution < 1.29 is 30.0 Å². The van der Waals surface area contributed by atoms with E-state index < -0.39 is 11.8 Å². The van der Waals surface area contributed by atoms with Crippen molar-refractivity contribution in [2.75, 3.05) is 10.6 Å². The van der Waals surface area contributed by atoms with Crippen molar-refractivity contribution in [3.63, 3.8) is 0 Å². The van der Waals surface area contributed by atoms with Crippen LogP contribution in [0.3, 0.4) is 0 Å². The molecule has 4 aliphatic heterocycles. The van der Waals surface area contributed by atoms with Gasteiger partial charge in [-0.05, 0) is 177 Å². The van der Waals surface area contributed by atoms with E-state index in [-0.39, 0.29) is 48.7 Å². The van der Waals surface area contributed by atoms with E-state index >= 15 is 9.59 Å². The number of phenols is 4. The van der Waals surface area contributed by atoms with Gasteiger partial charge in [-0.1, -0.05) is 145 Å². The van der Waals surface area contributed by atoms with Crippen molar-refractivity contribution in [3.8, 4) is 67.5 Å². The molecule has 13 aromatic rings. The molecule has 3 aromatic heterocycles. The van der Waals surface area contributed by atoms with E-state index in [0.717, 1.165) is 111 Å². The Balaban J connectivity index is 0.976. The van der Waals surface area contributed by atoms with E-state index in [0.29, 0.717) is 78.4 Å². The molecular weight excluding hydrogens is 1190 g/mol. The highest BCUT2D eigenvalue weighted by Crippen LogP contribution is 2.45. The molecule has 12 nitrogen and oxygen atoms in total. The van der Waals surface area contributed by atoms with Crippen LogP contribution in [-0.4, -0.2) is 52.2 Å². The molecule has 0 unspecified atom stereocenters. The topological polar surface area (TPSA) is 196 Å². The van der Waals surface area contributed by atoms with Gasteiger partial charge in [0.05, 0.1) is 22.8 Å². The predicted molar refractivity (Wildman–Crippen MR) is 385 cm³/mol. The minimum absolute atomic E-state index is 0.0303. The minimum Gasteiger partial charge on any atom is -0.507 e. The smallest absolute Gasteiger partial charge is 0.255 e. The molecule has 0 fully saturated rings. The third kappa shape index (κ3) is 10.0. The number of anilines is 2. The second kappa shape index (κ2) is 22.6. The molecule has 2 amide bonds. The molecule has 462 valence electrons. The fourth-order valence-electron chi connectivity index (χ4n) is 14.7.